The number of hydrogen-bond donors (Lipinski definition) is 1. The molecule has 1 heterocycles. The number of carbonyl (C=O) groups excluding carboxylic acids is 2. The average molecular weight is 632 g/mol. The zero-order chi connectivity index (χ0) is 31.1. The van der Waals surface area contributed by atoms with E-state index in [1.165, 1.54) is 36.6 Å². The second-order valence-electron chi connectivity index (χ2n) is 12.5. The molecule has 0 saturated carbocycles. The highest BCUT2D eigenvalue weighted by Crippen LogP contribution is 2.43. The van der Waals surface area contributed by atoms with Crippen molar-refractivity contribution >= 4 is 46.7 Å². The van der Waals surface area contributed by atoms with Gasteiger partial charge in [0.25, 0.3) is 5.91 Å². The number of halogens is 1. The Kier molecular flexibility index (Phi) is 10.7. The summed E-state index contributed by atoms with van der Waals surface area (Å²) in [7, 11) is 1.40. The number of amides is 1. The van der Waals surface area contributed by atoms with Crippen molar-refractivity contribution < 1.29 is 14.3 Å². The number of nitrogens with zero attached hydrogens (tertiary/aromatic N) is 2. The van der Waals surface area contributed by atoms with E-state index < -0.39 is 0 Å². The van der Waals surface area contributed by atoms with Gasteiger partial charge in [0.2, 0.25) is 0 Å². The van der Waals surface area contributed by atoms with Crippen molar-refractivity contribution in [1.82, 2.24) is 9.62 Å². The van der Waals surface area contributed by atoms with Gasteiger partial charge in [0.1, 0.15) is 0 Å². The first-order valence-electron chi connectivity index (χ1n) is 15.4. The van der Waals surface area contributed by atoms with Gasteiger partial charge < -0.3 is 9.64 Å². The lowest BCUT2D eigenvalue weighted by atomic mass is 9.73. The summed E-state index contributed by atoms with van der Waals surface area (Å²) in [5, 5.41) is 0.785. The van der Waals surface area contributed by atoms with Crippen LogP contribution < -0.4 is 9.62 Å². The summed E-state index contributed by atoms with van der Waals surface area (Å²) in [6, 6.07) is 24.1. The summed E-state index contributed by atoms with van der Waals surface area (Å²) >= 11 is 7.47. The van der Waals surface area contributed by atoms with Crippen LogP contribution in [-0.4, -0.2) is 56.6 Å². The molecule has 44 heavy (non-hydrogen) atoms. The number of esters is 1. The predicted octanol–water partition coefficient (Wildman–Crippen LogP) is 7.67. The van der Waals surface area contributed by atoms with Gasteiger partial charge in [-0.25, -0.2) is 0 Å². The standard InChI is InChI=1S/C36H42ClN3O3S/c1-36(2)19-18-33(27-7-11-30(37)12-8-27)29(24-36)25-39-20-22-40(23-21-39)31-13-9-28(10-14-31)35(42)38-44-32-15-4-26(5-16-32)6-17-34(41)43-3/h4-5,7-16H,6,17-25H2,1-3H3,(H,38,42). The Hall–Kier alpha value is -3.26. The van der Waals surface area contributed by atoms with Crippen LogP contribution >= 0.6 is 23.5 Å². The fraction of sp³-hybridized carbons (Fsp3) is 0.389. The fourth-order valence-electron chi connectivity index (χ4n) is 6.06. The third kappa shape index (κ3) is 8.68. The molecule has 0 radical (unpaired) electrons. The molecule has 3 aromatic rings. The number of rotatable bonds is 10. The van der Waals surface area contributed by atoms with E-state index in [0.29, 0.717) is 23.8 Å². The molecular weight excluding hydrogens is 590 g/mol. The zero-order valence-electron chi connectivity index (χ0n) is 25.9. The molecule has 1 fully saturated rings. The van der Waals surface area contributed by atoms with Gasteiger partial charge in [0, 0.05) is 60.3 Å². The highest BCUT2D eigenvalue weighted by Gasteiger charge is 2.29. The maximum absolute atomic E-state index is 12.8. The molecule has 0 atom stereocenters. The van der Waals surface area contributed by atoms with Crippen LogP contribution in [0.5, 0.6) is 0 Å². The van der Waals surface area contributed by atoms with Crippen molar-refractivity contribution in [2.45, 2.75) is 50.8 Å². The smallest absolute Gasteiger partial charge is 0.305 e. The van der Waals surface area contributed by atoms with E-state index in [-0.39, 0.29) is 11.9 Å². The maximum Gasteiger partial charge on any atom is 0.305 e. The Morgan fingerprint density at radius 1 is 0.932 bits per heavy atom. The Morgan fingerprint density at radius 3 is 2.27 bits per heavy atom. The van der Waals surface area contributed by atoms with E-state index in [0.717, 1.165) is 66.7 Å². The van der Waals surface area contributed by atoms with Crippen LogP contribution in [-0.2, 0) is 16.0 Å². The molecule has 1 amide bonds. The van der Waals surface area contributed by atoms with Gasteiger partial charge in [0.15, 0.2) is 0 Å². The molecule has 5 rings (SSSR count). The number of benzene rings is 3. The second kappa shape index (κ2) is 14.7. The van der Waals surface area contributed by atoms with Crippen LogP contribution in [0.25, 0.3) is 5.57 Å². The summed E-state index contributed by atoms with van der Waals surface area (Å²) in [5.41, 5.74) is 7.55. The normalized spacial score (nSPS) is 17.0. The first-order valence-corrected chi connectivity index (χ1v) is 16.6. The number of methoxy groups -OCH3 is 1. The lowest BCUT2D eigenvalue weighted by molar-refractivity contribution is -0.140. The van der Waals surface area contributed by atoms with Gasteiger partial charge in [-0.15, -0.1) is 0 Å². The quantitative estimate of drug-likeness (QED) is 0.183. The van der Waals surface area contributed by atoms with Crippen molar-refractivity contribution in [2.24, 2.45) is 5.41 Å². The van der Waals surface area contributed by atoms with Crippen molar-refractivity contribution in [3.63, 3.8) is 0 Å². The van der Waals surface area contributed by atoms with Crippen LogP contribution in [0.2, 0.25) is 5.02 Å². The molecule has 0 bridgehead atoms. The zero-order valence-corrected chi connectivity index (χ0v) is 27.5. The monoisotopic (exact) mass is 631 g/mol. The Labute approximate surface area is 270 Å². The van der Waals surface area contributed by atoms with Crippen LogP contribution in [0, 0.1) is 5.41 Å². The number of anilines is 1. The lowest BCUT2D eigenvalue weighted by Crippen LogP contribution is -2.47. The average Bonchev–Trinajstić information content (AvgIpc) is 3.04. The molecule has 8 heteroatoms. The summed E-state index contributed by atoms with van der Waals surface area (Å²) in [6.07, 6.45) is 4.45. The summed E-state index contributed by atoms with van der Waals surface area (Å²) in [4.78, 5) is 30.1. The Balaban J connectivity index is 1.12. The van der Waals surface area contributed by atoms with Crippen molar-refractivity contribution in [2.75, 3.05) is 44.7 Å². The van der Waals surface area contributed by atoms with Gasteiger partial charge in [-0.05, 0) is 108 Å². The topological polar surface area (TPSA) is 61.9 Å². The van der Waals surface area contributed by atoms with Crippen LogP contribution in [0.4, 0.5) is 5.69 Å². The van der Waals surface area contributed by atoms with E-state index in [1.54, 1.807) is 5.57 Å². The molecule has 232 valence electrons. The van der Waals surface area contributed by atoms with Gasteiger partial charge in [0.05, 0.1) is 7.11 Å². The largest absolute Gasteiger partial charge is 0.469 e. The minimum absolute atomic E-state index is 0.124. The van der Waals surface area contributed by atoms with E-state index in [2.05, 4.69) is 52.6 Å². The molecule has 2 aliphatic rings. The number of aryl methyl sites for hydroxylation is 1. The Morgan fingerprint density at radius 2 is 1.61 bits per heavy atom. The molecule has 0 spiro atoms. The first-order chi connectivity index (χ1) is 21.2. The number of allylic oxidation sites excluding steroid dienone is 1. The van der Waals surface area contributed by atoms with Gasteiger partial charge in [-0.2, -0.15) is 0 Å². The minimum Gasteiger partial charge on any atom is -0.469 e. The number of piperazine rings is 1. The third-order valence-corrected chi connectivity index (χ3v) is 9.72. The number of nitrogens with one attached hydrogen (secondary N) is 1. The molecule has 0 aromatic heterocycles. The van der Waals surface area contributed by atoms with Gasteiger partial charge in [-0.3, -0.25) is 19.2 Å². The summed E-state index contributed by atoms with van der Waals surface area (Å²) in [6.45, 7) is 9.74. The molecule has 1 aliphatic heterocycles. The molecule has 3 aromatic carbocycles. The van der Waals surface area contributed by atoms with Gasteiger partial charge in [-0.1, -0.05) is 55.3 Å². The third-order valence-electron chi connectivity index (χ3n) is 8.67. The van der Waals surface area contributed by atoms with Crippen molar-refractivity contribution in [1.29, 1.82) is 0 Å². The Bertz CT molecular complexity index is 1460. The lowest BCUT2D eigenvalue weighted by Gasteiger charge is -2.39. The summed E-state index contributed by atoms with van der Waals surface area (Å²) < 4.78 is 7.63. The van der Waals surface area contributed by atoms with Crippen LogP contribution in [0.15, 0.2) is 83.3 Å². The molecule has 1 aliphatic carbocycles. The SMILES string of the molecule is COC(=O)CCc1ccc(SNC(=O)c2ccc(N3CCN(CC4=C(c5ccc(Cl)cc5)CCC(C)(C)C4)CC3)cc2)cc1. The first kappa shape index (κ1) is 32.1. The highest BCUT2D eigenvalue weighted by molar-refractivity contribution is 7.98. The van der Waals surface area contributed by atoms with E-state index in [9.17, 15) is 9.59 Å². The van der Waals surface area contributed by atoms with Crippen LogP contribution in [0.3, 0.4) is 0 Å². The molecular formula is C36H42ClN3O3S. The molecule has 1 saturated heterocycles. The fourth-order valence-corrected chi connectivity index (χ4v) is 6.78. The number of ether oxygens (including phenoxy) is 1. The molecule has 6 nitrogen and oxygen atoms in total. The highest BCUT2D eigenvalue weighted by atomic mass is 35.5. The number of hydrogen-bond acceptors (Lipinski definition) is 6. The summed E-state index contributed by atoms with van der Waals surface area (Å²) in [5.74, 6) is -0.341. The van der Waals surface area contributed by atoms with Crippen molar-refractivity contribution in [3.05, 3.63) is 100 Å². The van der Waals surface area contributed by atoms with Gasteiger partial charge >= 0.3 is 5.97 Å². The van der Waals surface area contributed by atoms with E-state index in [1.807, 2.05) is 48.5 Å². The van der Waals surface area contributed by atoms with E-state index in [4.69, 9.17) is 16.3 Å². The minimum atomic E-state index is -0.218. The van der Waals surface area contributed by atoms with Crippen LogP contribution in [0.1, 0.15) is 61.0 Å². The number of carbonyl (C=O) groups is 2. The molecule has 0 unspecified atom stereocenters. The maximum atomic E-state index is 12.8. The van der Waals surface area contributed by atoms with E-state index >= 15 is 0 Å². The van der Waals surface area contributed by atoms with Crippen molar-refractivity contribution in [3.8, 4) is 0 Å². The second-order valence-corrected chi connectivity index (χ2v) is 13.8. The molecule has 1 N–H and O–H groups in total. The predicted molar refractivity (Wildman–Crippen MR) is 181 cm³/mol.